The number of carboxylic acid groups (broad SMARTS) is 1. The number of aromatic nitrogens is 1. The summed E-state index contributed by atoms with van der Waals surface area (Å²) in [6.45, 7) is -0.0532. The Bertz CT molecular complexity index is 607. The molecular formula is C12H18N2O5S. The Morgan fingerprint density at radius 1 is 1.50 bits per heavy atom. The van der Waals surface area contributed by atoms with E-state index >= 15 is 0 Å². The number of sulfonamides is 1. The molecule has 1 heterocycles. The smallest absolute Gasteiger partial charge is 0.352 e. The number of nitrogens with one attached hydrogen (secondary N) is 1. The van der Waals surface area contributed by atoms with Crippen LogP contribution in [0.15, 0.2) is 17.2 Å². The lowest BCUT2D eigenvalue weighted by molar-refractivity contribution is 0.0686. The molecule has 0 amide bonds. The lowest BCUT2D eigenvalue weighted by atomic mass is 10.1. The Balaban J connectivity index is 2.22. The van der Waals surface area contributed by atoms with Crippen molar-refractivity contribution in [2.45, 2.75) is 30.2 Å². The summed E-state index contributed by atoms with van der Waals surface area (Å²) in [5.74, 6) is -1.25. The van der Waals surface area contributed by atoms with Gasteiger partial charge in [0.1, 0.15) is 10.6 Å². The van der Waals surface area contributed by atoms with Gasteiger partial charge in [-0.25, -0.2) is 17.9 Å². The fourth-order valence-electron chi connectivity index (χ4n) is 2.57. The molecule has 20 heavy (non-hydrogen) atoms. The molecule has 0 saturated heterocycles. The van der Waals surface area contributed by atoms with Crippen molar-refractivity contribution in [2.75, 3.05) is 6.61 Å². The van der Waals surface area contributed by atoms with E-state index in [-0.39, 0.29) is 29.2 Å². The van der Waals surface area contributed by atoms with Crippen molar-refractivity contribution in [3.8, 4) is 0 Å². The number of carbonyl (C=O) groups is 1. The number of carboxylic acids is 1. The van der Waals surface area contributed by atoms with Crippen molar-refractivity contribution >= 4 is 16.0 Å². The summed E-state index contributed by atoms with van der Waals surface area (Å²) >= 11 is 0. The number of aromatic carboxylic acids is 1. The van der Waals surface area contributed by atoms with E-state index < -0.39 is 16.0 Å². The Labute approximate surface area is 117 Å². The van der Waals surface area contributed by atoms with Gasteiger partial charge in [0.05, 0.1) is 0 Å². The first kappa shape index (κ1) is 15.0. The van der Waals surface area contributed by atoms with Crippen molar-refractivity contribution in [3.63, 3.8) is 0 Å². The first-order valence-corrected chi connectivity index (χ1v) is 7.86. The van der Waals surface area contributed by atoms with Crippen LogP contribution in [-0.4, -0.2) is 41.8 Å². The number of hydrogen-bond donors (Lipinski definition) is 3. The number of nitrogens with zero attached hydrogens (tertiary/aromatic N) is 1. The number of rotatable bonds is 5. The van der Waals surface area contributed by atoms with E-state index in [0.29, 0.717) is 6.42 Å². The molecule has 0 bridgehead atoms. The molecule has 2 atom stereocenters. The van der Waals surface area contributed by atoms with Gasteiger partial charge in [-0.2, -0.15) is 0 Å². The summed E-state index contributed by atoms with van der Waals surface area (Å²) < 4.78 is 28.3. The largest absolute Gasteiger partial charge is 0.477 e. The zero-order valence-electron chi connectivity index (χ0n) is 11.1. The normalized spacial score (nSPS) is 23.1. The second-order valence-corrected chi connectivity index (χ2v) is 6.79. The van der Waals surface area contributed by atoms with Crippen LogP contribution in [0.4, 0.5) is 0 Å². The lowest BCUT2D eigenvalue weighted by Crippen LogP contribution is -2.38. The molecule has 1 aromatic heterocycles. The van der Waals surface area contributed by atoms with E-state index in [4.69, 9.17) is 5.11 Å². The molecule has 112 valence electrons. The molecular weight excluding hydrogens is 284 g/mol. The third-order valence-corrected chi connectivity index (χ3v) is 5.17. The third kappa shape index (κ3) is 2.87. The van der Waals surface area contributed by atoms with E-state index in [1.54, 1.807) is 0 Å². The van der Waals surface area contributed by atoms with Gasteiger partial charge in [-0.05, 0) is 24.8 Å². The highest BCUT2D eigenvalue weighted by molar-refractivity contribution is 7.89. The fourth-order valence-corrected chi connectivity index (χ4v) is 3.98. The first-order chi connectivity index (χ1) is 9.35. The lowest BCUT2D eigenvalue weighted by Gasteiger charge is -2.18. The Kier molecular flexibility index (Phi) is 4.17. The molecule has 7 nitrogen and oxygen atoms in total. The Morgan fingerprint density at radius 3 is 2.75 bits per heavy atom. The summed E-state index contributed by atoms with van der Waals surface area (Å²) in [4.78, 5) is 10.9. The van der Waals surface area contributed by atoms with Crippen LogP contribution in [0.5, 0.6) is 0 Å². The van der Waals surface area contributed by atoms with Gasteiger partial charge in [0.2, 0.25) is 10.0 Å². The Hall–Kier alpha value is -1.38. The average molecular weight is 302 g/mol. The topological polar surface area (TPSA) is 109 Å². The number of aliphatic hydroxyl groups excluding tert-OH is 1. The molecule has 0 aromatic carbocycles. The van der Waals surface area contributed by atoms with E-state index in [1.807, 2.05) is 0 Å². The second-order valence-electron chi connectivity index (χ2n) is 5.08. The average Bonchev–Trinajstić information content (AvgIpc) is 2.95. The summed E-state index contributed by atoms with van der Waals surface area (Å²) in [7, 11) is -2.29. The SMILES string of the molecule is Cn1cc(S(=O)(=O)NC2CCCC2CO)cc1C(=O)O. The molecule has 1 aliphatic carbocycles. The monoisotopic (exact) mass is 302 g/mol. The number of aliphatic hydroxyl groups is 1. The van der Waals surface area contributed by atoms with Gasteiger partial charge >= 0.3 is 5.97 Å². The third-order valence-electron chi connectivity index (χ3n) is 3.71. The maximum atomic E-state index is 12.2. The molecule has 1 aliphatic rings. The van der Waals surface area contributed by atoms with Gasteiger partial charge in [0.25, 0.3) is 0 Å². The van der Waals surface area contributed by atoms with Crippen molar-refractivity contribution < 1.29 is 23.4 Å². The molecule has 0 aliphatic heterocycles. The predicted octanol–water partition coefficient (Wildman–Crippen LogP) is 0.163. The summed E-state index contributed by atoms with van der Waals surface area (Å²) in [6.07, 6.45) is 3.62. The number of aryl methyl sites for hydroxylation is 1. The van der Waals surface area contributed by atoms with Crippen molar-refractivity contribution in [1.82, 2.24) is 9.29 Å². The van der Waals surface area contributed by atoms with Crippen LogP contribution >= 0.6 is 0 Å². The van der Waals surface area contributed by atoms with Crippen LogP contribution in [0, 0.1) is 5.92 Å². The summed E-state index contributed by atoms with van der Waals surface area (Å²) in [5, 5.41) is 18.1. The van der Waals surface area contributed by atoms with Crippen LogP contribution in [0.1, 0.15) is 29.8 Å². The maximum absolute atomic E-state index is 12.2. The zero-order chi connectivity index (χ0) is 14.9. The first-order valence-electron chi connectivity index (χ1n) is 6.38. The molecule has 8 heteroatoms. The van der Waals surface area contributed by atoms with Gasteiger partial charge < -0.3 is 14.8 Å². The van der Waals surface area contributed by atoms with Crippen LogP contribution in [0.2, 0.25) is 0 Å². The highest BCUT2D eigenvalue weighted by atomic mass is 32.2. The highest BCUT2D eigenvalue weighted by Gasteiger charge is 2.31. The minimum atomic E-state index is -3.77. The van der Waals surface area contributed by atoms with E-state index in [0.717, 1.165) is 18.9 Å². The molecule has 1 fully saturated rings. The highest BCUT2D eigenvalue weighted by Crippen LogP contribution is 2.26. The van der Waals surface area contributed by atoms with Gasteiger partial charge in [-0.1, -0.05) is 6.42 Å². The summed E-state index contributed by atoms with van der Waals surface area (Å²) in [5.41, 5.74) is -0.0875. The fraction of sp³-hybridized carbons (Fsp3) is 0.583. The van der Waals surface area contributed by atoms with Crippen LogP contribution in [0.3, 0.4) is 0 Å². The Morgan fingerprint density at radius 2 is 2.20 bits per heavy atom. The molecule has 1 aromatic rings. The van der Waals surface area contributed by atoms with E-state index in [1.165, 1.54) is 17.8 Å². The van der Waals surface area contributed by atoms with Crippen molar-refractivity contribution in [3.05, 3.63) is 18.0 Å². The summed E-state index contributed by atoms with van der Waals surface area (Å²) in [6, 6.07) is 0.839. The van der Waals surface area contributed by atoms with Crippen molar-refractivity contribution in [1.29, 1.82) is 0 Å². The minimum absolute atomic E-state index is 0.0532. The molecule has 2 rings (SSSR count). The molecule has 0 radical (unpaired) electrons. The van der Waals surface area contributed by atoms with Gasteiger partial charge in [-0.15, -0.1) is 0 Å². The van der Waals surface area contributed by atoms with Crippen molar-refractivity contribution in [2.24, 2.45) is 13.0 Å². The minimum Gasteiger partial charge on any atom is -0.477 e. The quantitative estimate of drug-likeness (QED) is 0.718. The van der Waals surface area contributed by atoms with Gasteiger partial charge in [0.15, 0.2) is 0 Å². The molecule has 0 spiro atoms. The van der Waals surface area contributed by atoms with Crippen LogP contribution in [-0.2, 0) is 17.1 Å². The van der Waals surface area contributed by atoms with E-state index in [2.05, 4.69) is 4.72 Å². The van der Waals surface area contributed by atoms with E-state index in [9.17, 15) is 18.3 Å². The van der Waals surface area contributed by atoms with Crippen LogP contribution in [0.25, 0.3) is 0 Å². The number of hydrogen-bond acceptors (Lipinski definition) is 4. The van der Waals surface area contributed by atoms with Crippen LogP contribution < -0.4 is 4.72 Å². The maximum Gasteiger partial charge on any atom is 0.352 e. The molecule has 2 unspecified atom stereocenters. The molecule has 1 saturated carbocycles. The zero-order valence-corrected chi connectivity index (χ0v) is 11.9. The standard InChI is InChI=1S/C12H18N2O5S/c1-14-6-9(5-11(14)12(16)17)20(18,19)13-10-4-2-3-8(10)7-15/h5-6,8,10,13,15H,2-4,7H2,1H3,(H,16,17). The second kappa shape index (κ2) is 5.55. The predicted molar refractivity (Wildman–Crippen MR) is 70.9 cm³/mol. The van der Waals surface area contributed by atoms with Gasteiger partial charge in [-0.3, -0.25) is 0 Å². The van der Waals surface area contributed by atoms with Gasteiger partial charge in [0, 0.05) is 25.9 Å². The molecule has 3 N–H and O–H groups in total.